The zero-order valence-electron chi connectivity index (χ0n) is 31.7. The molecule has 11 aromatic rings. The van der Waals surface area contributed by atoms with E-state index in [0.29, 0.717) is 0 Å². The van der Waals surface area contributed by atoms with Gasteiger partial charge in [0.2, 0.25) is 0 Å². The highest BCUT2D eigenvalue weighted by Gasteiger charge is 2.26. The van der Waals surface area contributed by atoms with Crippen molar-refractivity contribution >= 4 is 70.1 Å². The van der Waals surface area contributed by atoms with E-state index in [4.69, 9.17) is 0 Å². The van der Waals surface area contributed by atoms with Crippen molar-refractivity contribution in [1.82, 2.24) is 0 Å². The van der Waals surface area contributed by atoms with Crippen LogP contribution in [0.4, 0.5) is 17.1 Å². The van der Waals surface area contributed by atoms with E-state index in [2.05, 4.69) is 229 Å². The number of anilines is 3. The Morgan fingerprint density at radius 2 is 0.776 bits per heavy atom. The summed E-state index contributed by atoms with van der Waals surface area (Å²) in [7, 11) is 0. The van der Waals surface area contributed by atoms with Crippen molar-refractivity contribution in [3.8, 4) is 44.5 Å². The fraction of sp³-hybridized carbons (Fsp3) is 0. The van der Waals surface area contributed by atoms with Gasteiger partial charge in [-0.15, -0.1) is 11.3 Å². The van der Waals surface area contributed by atoms with Gasteiger partial charge in [0, 0.05) is 32.3 Å². The molecule has 1 nitrogen and oxygen atoms in total. The van der Waals surface area contributed by atoms with E-state index in [9.17, 15) is 0 Å². The molecule has 0 saturated carbocycles. The molecular formula is C56H37NS. The van der Waals surface area contributed by atoms with E-state index in [1.165, 1.54) is 86.2 Å². The molecule has 0 aliphatic carbocycles. The molecule has 11 rings (SSSR count). The maximum absolute atomic E-state index is 2.55. The number of fused-ring (bicyclic) bond motifs is 6. The van der Waals surface area contributed by atoms with Gasteiger partial charge < -0.3 is 4.90 Å². The minimum Gasteiger partial charge on any atom is -0.308 e. The van der Waals surface area contributed by atoms with Gasteiger partial charge in [-0.3, -0.25) is 0 Å². The van der Waals surface area contributed by atoms with E-state index in [1.54, 1.807) is 0 Å². The van der Waals surface area contributed by atoms with Gasteiger partial charge in [-0.1, -0.05) is 200 Å². The largest absolute Gasteiger partial charge is 0.308 e. The second kappa shape index (κ2) is 14.4. The van der Waals surface area contributed by atoms with Crippen LogP contribution in [-0.4, -0.2) is 0 Å². The van der Waals surface area contributed by atoms with Crippen molar-refractivity contribution in [1.29, 1.82) is 0 Å². The van der Waals surface area contributed by atoms with E-state index in [0.717, 1.165) is 17.1 Å². The Bertz CT molecular complexity index is 3200. The van der Waals surface area contributed by atoms with Gasteiger partial charge in [-0.25, -0.2) is 0 Å². The Hall–Kier alpha value is -7.26. The van der Waals surface area contributed by atoms with Crippen LogP contribution in [-0.2, 0) is 0 Å². The van der Waals surface area contributed by atoms with Crippen molar-refractivity contribution in [2.24, 2.45) is 0 Å². The fourth-order valence-corrected chi connectivity index (χ4v) is 10.1. The molecule has 0 bridgehead atoms. The fourth-order valence-electron chi connectivity index (χ4n) is 8.91. The lowest BCUT2D eigenvalue weighted by atomic mass is 9.84. The van der Waals surface area contributed by atoms with Crippen LogP contribution < -0.4 is 4.90 Å². The summed E-state index contributed by atoms with van der Waals surface area (Å²) < 4.78 is 2.55. The molecule has 0 radical (unpaired) electrons. The molecule has 0 N–H and O–H groups in total. The molecule has 1 aromatic heterocycles. The molecule has 272 valence electrons. The monoisotopic (exact) mass is 755 g/mol. The highest BCUT2D eigenvalue weighted by Crippen LogP contribution is 2.52. The SMILES string of the molecule is c1ccc(-c2cccc(-c3ccccc3)c2N(c2ccc3c(c2)c(-c2ccccc2)c(-c2ccccc2)c2ccccc23)c2cccc3c2sc2ccccc23)cc1. The molecule has 0 spiro atoms. The highest BCUT2D eigenvalue weighted by molar-refractivity contribution is 7.26. The van der Waals surface area contributed by atoms with Crippen LogP contribution in [0.1, 0.15) is 0 Å². The van der Waals surface area contributed by atoms with E-state index in [-0.39, 0.29) is 0 Å². The topological polar surface area (TPSA) is 3.24 Å². The van der Waals surface area contributed by atoms with Gasteiger partial charge >= 0.3 is 0 Å². The van der Waals surface area contributed by atoms with Crippen LogP contribution in [0.3, 0.4) is 0 Å². The van der Waals surface area contributed by atoms with Crippen LogP contribution in [0, 0.1) is 0 Å². The zero-order valence-corrected chi connectivity index (χ0v) is 32.5. The minimum atomic E-state index is 1.10. The number of nitrogens with zero attached hydrogens (tertiary/aromatic N) is 1. The lowest BCUT2D eigenvalue weighted by Gasteiger charge is -2.31. The lowest BCUT2D eigenvalue weighted by molar-refractivity contribution is 1.31. The summed E-state index contributed by atoms with van der Waals surface area (Å²) in [4.78, 5) is 2.55. The molecular weight excluding hydrogens is 719 g/mol. The Morgan fingerprint density at radius 1 is 0.310 bits per heavy atom. The van der Waals surface area contributed by atoms with Gasteiger partial charge in [0.1, 0.15) is 0 Å². The second-order valence-electron chi connectivity index (χ2n) is 14.8. The maximum atomic E-state index is 2.55. The number of thiophene rings is 1. The summed E-state index contributed by atoms with van der Waals surface area (Å²) in [6, 6.07) is 82.0. The Labute approximate surface area is 342 Å². The summed E-state index contributed by atoms with van der Waals surface area (Å²) >= 11 is 1.87. The summed E-state index contributed by atoms with van der Waals surface area (Å²) in [6.07, 6.45) is 0. The molecule has 0 saturated heterocycles. The Morgan fingerprint density at radius 3 is 1.40 bits per heavy atom. The first-order chi connectivity index (χ1) is 28.8. The van der Waals surface area contributed by atoms with Crippen molar-refractivity contribution < 1.29 is 0 Å². The van der Waals surface area contributed by atoms with Gasteiger partial charge in [0.25, 0.3) is 0 Å². The number of hydrogen-bond donors (Lipinski definition) is 0. The summed E-state index contributed by atoms with van der Waals surface area (Å²) in [6.45, 7) is 0. The molecule has 2 heteroatoms. The first kappa shape index (κ1) is 34.0. The zero-order chi connectivity index (χ0) is 38.4. The van der Waals surface area contributed by atoms with Crippen LogP contribution in [0.2, 0.25) is 0 Å². The first-order valence-electron chi connectivity index (χ1n) is 19.9. The summed E-state index contributed by atoms with van der Waals surface area (Å²) in [5.41, 5.74) is 13.0. The van der Waals surface area contributed by atoms with Gasteiger partial charge in [0.05, 0.1) is 16.1 Å². The van der Waals surface area contributed by atoms with E-state index >= 15 is 0 Å². The number of benzene rings is 10. The average Bonchev–Trinajstić information content (AvgIpc) is 3.69. The minimum absolute atomic E-state index is 1.10. The Balaban J connectivity index is 1.31. The maximum Gasteiger partial charge on any atom is 0.0640 e. The quantitative estimate of drug-likeness (QED) is 0.146. The smallest absolute Gasteiger partial charge is 0.0640 e. The first-order valence-corrected chi connectivity index (χ1v) is 20.7. The van der Waals surface area contributed by atoms with Gasteiger partial charge in [-0.05, 0) is 79.2 Å². The molecule has 0 fully saturated rings. The van der Waals surface area contributed by atoms with Crippen LogP contribution in [0.5, 0.6) is 0 Å². The Kier molecular flexibility index (Phi) is 8.42. The predicted molar refractivity (Wildman–Crippen MR) is 251 cm³/mol. The van der Waals surface area contributed by atoms with Crippen LogP contribution in [0.15, 0.2) is 224 Å². The molecule has 0 unspecified atom stereocenters. The molecule has 0 aliphatic heterocycles. The van der Waals surface area contributed by atoms with Crippen molar-refractivity contribution in [3.63, 3.8) is 0 Å². The molecule has 0 amide bonds. The number of rotatable bonds is 7. The molecule has 10 aromatic carbocycles. The number of hydrogen-bond acceptors (Lipinski definition) is 2. The third kappa shape index (κ3) is 5.69. The standard InChI is InChI=1S/C56H37NS/c1-5-19-38(20-6-1)43-30-17-31-44(39-21-7-2-8-22-39)55(43)57(51-33-18-32-49-47-28-15-16-34-52(47)58-56(49)51)42-35-36-46-45-27-13-14-29-48(45)53(40-23-9-3-10-24-40)54(50(46)37-42)41-25-11-4-12-26-41/h1-37H. The molecule has 1 heterocycles. The van der Waals surface area contributed by atoms with E-state index < -0.39 is 0 Å². The molecule has 0 atom stereocenters. The van der Waals surface area contributed by atoms with Gasteiger partial charge in [-0.2, -0.15) is 0 Å². The van der Waals surface area contributed by atoms with Crippen molar-refractivity contribution in [3.05, 3.63) is 224 Å². The lowest BCUT2D eigenvalue weighted by Crippen LogP contribution is -2.13. The highest BCUT2D eigenvalue weighted by atomic mass is 32.1. The van der Waals surface area contributed by atoms with Crippen molar-refractivity contribution in [2.45, 2.75) is 0 Å². The molecule has 0 aliphatic rings. The summed E-state index contributed by atoms with van der Waals surface area (Å²) in [5.74, 6) is 0. The number of para-hydroxylation sites is 1. The third-order valence-electron chi connectivity index (χ3n) is 11.4. The predicted octanol–water partition coefficient (Wildman–Crippen LogP) is 16.5. The van der Waals surface area contributed by atoms with Crippen LogP contribution in [0.25, 0.3) is 86.2 Å². The molecule has 58 heavy (non-hydrogen) atoms. The van der Waals surface area contributed by atoms with Crippen LogP contribution >= 0.6 is 11.3 Å². The van der Waals surface area contributed by atoms with Crippen molar-refractivity contribution in [2.75, 3.05) is 4.90 Å². The average molecular weight is 756 g/mol. The third-order valence-corrected chi connectivity index (χ3v) is 12.7. The normalized spacial score (nSPS) is 11.4. The second-order valence-corrected chi connectivity index (χ2v) is 15.8. The summed E-state index contributed by atoms with van der Waals surface area (Å²) in [5, 5.41) is 7.50. The van der Waals surface area contributed by atoms with Gasteiger partial charge in [0.15, 0.2) is 0 Å². The van der Waals surface area contributed by atoms with E-state index in [1.807, 2.05) is 11.3 Å².